The molecule has 2 rings (SSSR count). The molecule has 0 saturated carbocycles. The molecule has 21 heavy (non-hydrogen) atoms. The van der Waals surface area contributed by atoms with E-state index in [1.54, 1.807) is 0 Å². The maximum Gasteiger partial charge on any atom is 0.227 e. The molecule has 1 amide bonds. The number of para-hydroxylation sites is 1. The first-order valence-corrected chi connectivity index (χ1v) is 6.98. The van der Waals surface area contributed by atoms with Crippen molar-refractivity contribution in [2.45, 2.75) is 19.4 Å². The number of benzene rings is 2. The third-order valence-corrected chi connectivity index (χ3v) is 3.04. The molecule has 0 spiro atoms. The fourth-order valence-electron chi connectivity index (χ4n) is 1.90. The van der Waals surface area contributed by atoms with Gasteiger partial charge in [-0.3, -0.25) is 4.79 Å². The van der Waals surface area contributed by atoms with Crippen LogP contribution in [-0.4, -0.2) is 12.5 Å². The fraction of sp³-hybridized carbons (Fsp3) is 0.235. The van der Waals surface area contributed by atoms with Gasteiger partial charge >= 0.3 is 0 Å². The van der Waals surface area contributed by atoms with Gasteiger partial charge in [0.1, 0.15) is 5.75 Å². The molecule has 0 aromatic heterocycles. The van der Waals surface area contributed by atoms with Crippen LogP contribution < -0.4 is 15.8 Å². The molecule has 1 unspecified atom stereocenters. The minimum atomic E-state index is -0.0762. The monoisotopic (exact) mass is 284 g/mol. The third-order valence-electron chi connectivity index (χ3n) is 3.04. The summed E-state index contributed by atoms with van der Waals surface area (Å²) in [5, 5.41) is 2.85. The van der Waals surface area contributed by atoms with Gasteiger partial charge in [0.2, 0.25) is 5.91 Å². The number of hydrogen-bond acceptors (Lipinski definition) is 3. The Balaban J connectivity index is 1.80. The van der Waals surface area contributed by atoms with E-state index in [-0.39, 0.29) is 11.9 Å². The number of rotatable bonds is 6. The quantitative estimate of drug-likeness (QED) is 0.856. The number of carbonyl (C=O) groups excluding carboxylic acids is 1. The van der Waals surface area contributed by atoms with E-state index in [2.05, 4.69) is 5.32 Å². The van der Waals surface area contributed by atoms with Crippen LogP contribution in [-0.2, 0) is 4.79 Å². The van der Waals surface area contributed by atoms with E-state index in [1.165, 1.54) is 0 Å². The molecule has 4 nitrogen and oxygen atoms in total. The van der Waals surface area contributed by atoms with Crippen molar-refractivity contribution in [2.24, 2.45) is 5.73 Å². The van der Waals surface area contributed by atoms with E-state index >= 15 is 0 Å². The van der Waals surface area contributed by atoms with Crippen LogP contribution in [0.4, 0.5) is 5.69 Å². The largest absolute Gasteiger partial charge is 0.493 e. The standard InChI is InChI=1S/C17H20N2O2/c1-13(18)14-6-5-7-15(12-14)19-17(20)10-11-21-16-8-3-2-4-9-16/h2-9,12-13H,10-11,18H2,1H3,(H,19,20). The van der Waals surface area contributed by atoms with Crippen LogP contribution in [0.25, 0.3) is 0 Å². The second-order valence-corrected chi connectivity index (χ2v) is 4.87. The van der Waals surface area contributed by atoms with Crippen molar-refractivity contribution in [3.8, 4) is 5.75 Å². The van der Waals surface area contributed by atoms with Crippen LogP contribution in [0.1, 0.15) is 24.9 Å². The van der Waals surface area contributed by atoms with Crippen molar-refractivity contribution in [3.05, 3.63) is 60.2 Å². The number of ether oxygens (including phenoxy) is 1. The molecule has 0 radical (unpaired) electrons. The highest BCUT2D eigenvalue weighted by Crippen LogP contribution is 2.16. The molecule has 0 fully saturated rings. The number of anilines is 1. The van der Waals surface area contributed by atoms with Crippen LogP contribution >= 0.6 is 0 Å². The van der Waals surface area contributed by atoms with Gasteiger partial charge in [-0.2, -0.15) is 0 Å². The normalized spacial score (nSPS) is 11.7. The average Bonchev–Trinajstić information content (AvgIpc) is 2.48. The lowest BCUT2D eigenvalue weighted by Gasteiger charge is -2.10. The number of nitrogens with two attached hydrogens (primary N) is 1. The van der Waals surface area contributed by atoms with E-state index < -0.39 is 0 Å². The smallest absolute Gasteiger partial charge is 0.227 e. The molecule has 2 aromatic rings. The lowest BCUT2D eigenvalue weighted by Crippen LogP contribution is -2.15. The zero-order chi connectivity index (χ0) is 15.1. The van der Waals surface area contributed by atoms with Crippen molar-refractivity contribution < 1.29 is 9.53 Å². The molecule has 1 atom stereocenters. The van der Waals surface area contributed by atoms with Gasteiger partial charge < -0.3 is 15.8 Å². The molecule has 110 valence electrons. The van der Waals surface area contributed by atoms with Crippen LogP contribution in [0, 0.1) is 0 Å². The van der Waals surface area contributed by atoms with E-state index in [1.807, 2.05) is 61.5 Å². The van der Waals surface area contributed by atoms with E-state index in [9.17, 15) is 4.79 Å². The molecule has 0 heterocycles. The highest BCUT2D eigenvalue weighted by molar-refractivity contribution is 5.90. The summed E-state index contributed by atoms with van der Waals surface area (Å²) in [7, 11) is 0. The number of hydrogen-bond donors (Lipinski definition) is 2. The van der Waals surface area contributed by atoms with Gasteiger partial charge in [-0.05, 0) is 36.8 Å². The zero-order valence-corrected chi connectivity index (χ0v) is 12.1. The summed E-state index contributed by atoms with van der Waals surface area (Å²) in [5.41, 5.74) is 7.58. The molecule has 4 heteroatoms. The van der Waals surface area contributed by atoms with Crippen LogP contribution in [0.5, 0.6) is 5.75 Å². The van der Waals surface area contributed by atoms with Crippen molar-refractivity contribution in [3.63, 3.8) is 0 Å². The van der Waals surface area contributed by atoms with E-state index in [4.69, 9.17) is 10.5 Å². The second kappa shape index (κ2) is 7.45. The van der Waals surface area contributed by atoms with Crippen molar-refractivity contribution >= 4 is 11.6 Å². The Hall–Kier alpha value is -2.33. The summed E-state index contributed by atoms with van der Waals surface area (Å²) >= 11 is 0. The third kappa shape index (κ3) is 4.93. The molecular formula is C17H20N2O2. The lowest BCUT2D eigenvalue weighted by atomic mass is 10.1. The maximum atomic E-state index is 11.9. The molecule has 2 aromatic carbocycles. The van der Waals surface area contributed by atoms with Gasteiger partial charge in [0.05, 0.1) is 13.0 Å². The Morgan fingerprint density at radius 1 is 1.19 bits per heavy atom. The number of amides is 1. The zero-order valence-electron chi connectivity index (χ0n) is 12.1. The predicted octanol–water partition coefficient (Wildman–Crippen LogP) is 3.11. The van der Waals surface area contributed by atoms with Gasteiger partial charge in [0.25, 0.3) is 0 Å². The molecular weight excluding hydrogens is 264 g/mol. The van der Waals surface area contributed by atoms with Gasteiger partial charge in [0.15, 0.2) is 0 Å². The van der Waals surface area contributed by atoms with E-state index in [0.29, 0.717) is 13.0 Å². The summed E-state index contributed by atoms with van der Waals surface area (Å²) in [6, 6.07) is 17.0. The first-order chi connectivity index (χ1) is 10.1. The maximum absolute atomic E-state index is 11.9. The van der Waals surface area contributed by atoms with Gasteiger partial charge in [0, 0.05) is 11.7 Å². The minimum Gasteiger partial charge on any atom is -0.493 e. The second-order valence-electron chi connectivity index (χ2n) is 4.87. The molecule has 0 saturated heterocycles. The van der Waals surface area contributed by atoms with Crippen LogP contribution in [0.2, 0.25) is 0 Å². The van der Waals surface area contributed by atoms with Gasteiger partial charge in [-0.15, -0.1) is 0 Å². The summed E-state index contributed by atoms with van der Waals surface area (Å²) in [6.45, 7) is 2.26. The van der Waals surface area contributed by atoms with Gasteiger partial charge in [-0.25, -0.2) is 0 Å². The first-order valence-electron chi connectivity index (χ1n) is 6.98. The van der Waals surface area contributed by atoms with Gasteiger partial charge in [-0.1, -0.05) is 30.3 Å². The molecule has 3 N–H and O–H groups in total. The summed E-state index contributed by atoms with van der Waals surface area (Å²) in [6.07, 6.45) is 0.303. The van der Waals surface area contributed by atoms with Crippen LogP contribution in [0.15, 0.2) is 54.6 Å². The summed E-state index contributed by atoms with van der Waals surface area (Å²) < 4.78 is 5.50. The summed E-state index contributed by atoms with van der Waals surface area (Å²) in [4.78, 5) is 11.9. The molecule has 0 aliphatic heterocycles. The highest BCUT2D eigenvalue weighted by atomic mass is 16.5. The topological polar surface area (TPSA) is 64.3 Å². The Bertz CT molecular complexity index is 582. The summed E-state index contributed by atoms with van der Waals surface area (Å²) in [5.74, 6) is 0.692. The predicted molar refractivity (Wildman–Crippen MR) is 84.2 cm³/mol. The average molecular weight is 284 g/mol. The first kappa shape index (κ1) is 15.1. The van der Waals surface area contributed by atoms with E-state index in [0.717, 1.165) is 17.0 Å². The lowest BCUT2D eigenvalue weighted by molar-refractivity contribution is -0.116. The molecule has 0 bridgehead atoms. The Morgan fingerprint density at radius 2 is 1.95 bits per heavy atom. The Kier molecular flexibility index (Phi) is 5.35. The van der Waals surface area contributed by atoms with Crippen molar-refractivity contribution in [2.75, 3.05) is 11.9 Å². The molecule has 0 aliphatic rings. The number of carbonyl (C=O) groups is 1. The van der Waals surface area contributed by atoms with Crippen molar-refractivity contribution in [1.29, 1.82) is 0 Å². The van der Waals surface area contributed by atoms with Crippen molar-refractivity contribution in [1.82, 2.24) is 0 Å². The van der Waals surface area contributed by atoms with Crippen LogP contribution in [0.3, 0.4) is 0 Å². The number of nitrogens with one attached hydrogen (secondary N) is 1. The Labute approximate surface area is 124 Å². The molecule has 0 aliphatic carbocycles. The Morgan fingerprint density at radius 3 is 2.67 bits per heavy atom. The minimum absolute atomic E-state index is 0.0525. The highest BCUT2D eigenvalue weighted by Gasteiger charge is 2.05. The SMILES string of the molecule is CC(N)c1cccc(NC(=O)CCOc2ccccc2)c1. The fourth-order valence-corrected chi connectivity index (χ4v) is 1.90.